The minimum atomic E-state index is -3.89. The molecule has 222 valence electrons. The van der Waals surface area contributed by atoms with Gasteiger partial charge in [-0.3, -0.25) is 4.79 Å². The highest BCUT2D eigenvalue weighted by Crippen LogP contribution is 2.29. The summed E-state index contributed by atoms with van der Waals surface area (Å²) in [5.74, 6) is 2.39. The molecule has 2 saturated heterocycles. The number of sulfonamides is 1. The van der Waals surface area contributed by atoms with E-state index in [0.29, 0.717) is 72.9 Å². The number of piperazine rings is 1. The Morgan fingerprint density at radius 3 is 2.33 bits per heavy atom. The number of terminal acetylenes is 1. The molecule has 10 nitrogen and oxygen atoms in total. The number of aryl methyl sites for hydroxylation is 1. The topological polar surface area (TPSA) is 147 Å². The molecule has 0 atom stereocenters. The minimum absolute atomic E-state index is 0.0647. The van der Waals surface area contributed by atoms with Gasteiger partial charge in [-0.25, -0.2) is 13.6 Å². The molecule has 4 rings (SSSR count). The second-order valence-corrected chi connectivity index (χ2v) is 12.1. The fourth-order valence-electron chi connectivity index (χ4n) is 5.60. The zero-order chi connectivity index (χ0) is 31.1. The van der Waals surface area contributed by atoms with Crippen molar-refractivity contribution in [3.8, 4) is 24.5 Å². The second-order valence-electron chi connectivity index (χ2n) is 10.5. The number of piperidine rings is 1. The summed E-state index contributed by atoms with van der Waals surface area (Å²) in [7, 11) is -3.89. The van der Waals surface area contributed by atoms with Crippen molar-refractivity contribution in [3.63, 3.8) is 0 Å². The Labute approximate surface area is 253 Å². The summed E-state index contributed by atoms with van der Waals surface area (Å²) < 4.78 is 24.1. The van der Waals surface area contributed by atoms with E-state index < -0.39 is 10.0 Å². The average molecular weight is 598 g/mol. The lowest BCUT2D eigenvalue weighted by molar-refractivity contribution is 0.0746. The fraction of sp³-hybridized carbons (Fsp3) is 0.344. The van der Waals surface area contributed by atoms with Gasteiger partial charge in [-0.15, -0.1) is 6.42 Å². The van der Waals surface area contributed by atoms with Crippen molar-refractivity contribution < 1.29 is 13.2 Å². The number of nitrogens with zero attached hydrogens (tertiary/aromatic N) is 5. The van der Waals surface area contributed by atoms with Crippen LogP contribution in [0.25, 0.3) is 0 Å². The Hall–Kier alpha value is -4.76. The molecule has 1 amide bonds. The number of hydrogen-bond donors (Lipinski definition) is 2. The van der Waals surface area contributed by atoms with Crippen molar-refractivity contribution in [2.75, 3.05) is 49.5 Å². The van der Waals surface area contributed by atoms with Gasteiger partial charge in [-0.2, -0.15) is 10.5 Å². The third kappa shape index (κ3) is 7.01. The third-order valence-electron chi connectivity index (χ3n) is 7.90. The lowest BCUT2D eigenvalue weighted by atomic mass is 9.99. The van der Waals surface area contributed by atoms with Gasteiger partial charge in [0.25, 0.3) is 5.91 Å². The van der Waals surface area contributed by atoms with E-state index in [-0.39, 0.29) is 16.8 Å². The van der Waals surface area contributed by atoms with E-state index in [0.717, 1.165) is 18.5 Å². The Morgan fingerprint density at radius 1 is 1.07 bits per heavy atom. The van der Waals surface area contributed by atoms with Gasteiger partial charge in [0.2, 0.25) is 10.0 Å². The van der Waals surface area contributed by atoms with E-state index in [4.69, 9.17) is 11.6 Å². The van der Waals surface area contributed by atoms with Crippen LogP contribution in [0.15, 0.2) is 64.7 Å². The van der Waals surface area contributed by atoms with E-state index in [1.54, 1.807) is 47.4 Å². The van der Waals surface area contributed by atoms with Crippen LogP contribution in [0, 0.1) is 41.9 Å². The first-order valence-electron chi connectivity index (χ1n) is 14.1. The smallest absolute Gasteiger partial charge is 0.254 e. The Kier molecular flexibility index (Phi) is 9.77. The van der Waals surface area contributed by atoms with Crippen LogP contribution >= 0.6 is 0 Å². The van der Waals surface area contributed by atoms with Gasteiger partial charge in [0.15, 0.2) is 0 Å². The van der Waals surface area contributed by atoms with Gasteiger partial charge >= 0.3 is 0 Å². The third-order valence-corrected chi connectivity index (χ3v) is 8.85. The van der Waals surface area contributed by atoms with Gasteiger partial charge in [-0.1, -0.05) is 24.1 Å². The van der Waals surface area contributed by atoms with Gasteiger partial charge < -0.3 is 20.0 Å². The molecule has 0 unspecified atom stereocenters. The summed E-state index contributed by atoms with van der Waals surface area (Å²) in [6.45, 7) is 6.71. The van der Waals surface area contributed by atoms with Crippen molar-refractivity contribution >= 4 is 27.3 Å². The SMILES string of the molecule is C#C/C=C(\C(C#N)=C/C)N1CCC(Nc2cc(C(=O)N3CCN(c4ccccc4S(N)(=O)=O)CC3)c(C)cc2C#N)CC1. The van der Waals surface area contributed by atoms with Crippen LogP contribution in [0.3, 0.4) is 0 Å². The number of para-hydroxylation sites is 1. The number of anilines is 2. The number of hydrogen-bond acceptors (Lipinski definition) is 8. The Morgan fingerprint density at radius 2 is 1.74 bits per heavy atom. The molecule has 0 spiro atoms. The van der Waals surface area contributed by atoms with Crippen molar-refractivity contribution in [2.24, 2.45) is 5.14 Å². The zero-order valence-electron chi connectivity index (χ0n) is 24.4. The number of benzene rings is 2. The van der Waals surface area contributed by atoms with Crippen molar-refractivity contribution in [1.82, 2.24) is 9.80 Å². The summed E-state index contributed by atoms with van der Waals surface area (Å²) in [5.41, 5.74) is 4.11. The molecule has 2 aromatic carbocycles. The van der Waals surface area contributed by atoms with Crippen LogP contribution in [0.2, 0.25) is 0 Å². The van der Waals surface area contributed by atoms with Crippen molar-refractivity contribution in [2.45, 2.75) is 37.6 Å². The van der Waals surface area contributed by atoms with E-state index >= 15 is 0 Å². The number of amides is 1. The molecular weight excluding hydrogens is 562 g/mol. The highest BCUT2D eigenvalue weighted by Gasteiger charge is 2.28. The number of allylic oxidation sites excluding steroid dienone is 3. The van der Waals surface area contributed by atoms with Crippen LogP contribution in [0.4, 0.5) is 11.4 Å². The van der Waals surface area contributed by atoms with Crippen LogP contribution in [0.1, 0.15) is 41.3 Å². The molecular formula is C32H35N7O3S. The number of nitriles is 2. The fourth-order valence-corrected chi connectivity index (χ4v) is 6.36. The maximum atomic E-state index is 13.7. The Balaban J connectivity index is 1.46. The molecule has 0 radical (unpaired) electrons. The largest absolute Gasteiger partial charge is 0.381 e. The van der Waals surface area contributed by atoms with Gasteiger partial charge in [0.1, 0.15) is 17.0 Å². The van der Waals surface area contributed by atoms with E-state index in [2.05, 4.69) is 28.3 Å². The Bertz CT molecular complexity index is 1680. The van der Waals surface area contributed by atoms with Crippen LogP contribution in [-0.4, -0.2) is 69.4 Å². The molecule has 0 saturated carbocycles. The number of primary sulfonamides is 1. The molecule has 0 aliphatic carbocycles. The van der Waals surface area contributed by atoms with Crippen LogP contribution in [-0.2, 0) is 10.0 Å². The summed E-state index contributed by atoms with van der Waals surface area (Å²) >= 11 is 0. The number of rotatable bonds is 7. The number of nitrogens with two attached hydrogens (primary N) is 1. The number of carbonyl (C=O) groups is 1. The maximum absolute atomic E-state index is 13.7. The molecule has 0 bridgehead atoms. The highest BCUT2D eigenvalue weighted by molar-refractivity contribution is 7.89. The number of nitrogens with one attached hydrogen (secondary N) is 1. The van der Waals surface area contributed by atoms with E-state index in [1.165, 1.54) is 6.07 Å². The normalized spacial score (nSPS) is 16.7. The molecule has 2 aliphatic rings. The molecule has 0 aromatic heterocycles. The first-order chi connectivity index (χ1) is 20.6. The first-order valence-corrected chi connectivity index (χ1v) is 15.6. The average Bonchev–Trinajstić information content (AvgIpc) is 3.01. The summed E-state index contributed by atoms with van der Waals surface area (Å²) in [4.78, 5) is 19.5. The van der Waals surface area contributed by atoms with Crippen molar-refractivity contribution in [1.29, 1.82) is 10.5 Å². The molecule has 2 heterocycles. The standard InChI is InChI=1S/C32H35N7O3S/c1-4-8-29(24(5-2)21-33)37-13-11-26(12-14-37)36-28-20-27(23(3)19-25(28)22-34)32(40)39-17-15-38(16-18-39)30-9-6-7-10-31(30)43(35,41)42/h1,5-10,19-20,26,36H,11-18H2,2-3H3,(H2,35,41,42)/b24-5-,29-8+. The first kappa shape index (κ1) is 31.2. The lowest BCUT2D eigenvalue weighted by Gasteiger charge is -2.37. The molecule has 2 aliphatic heterocycles. The highest BCUT2D eigenvalue weighted by atomic mass is 32.2. The number of carbonyl (C=O) groups excluding carboxylic acids is 1. The molecule has 43 heavy (non-hydrogen) atoms. The van der Waals surface area contributed by atoms with Gasteiger partial charge in [0.05, 0.1) is 28.2 Å². The summed E-state index contributed by atoms with van der Waals surface area (Å²) in [5, 5.41) is 28.2. The van der Waals surface area contributed by atoms with Crippen LogP contribution < -0.4 is 15.4 Å². The molecule has 2 aromatic rings. The van der Waals surface area contributed by atoms with Gasteiger partial charge in [0, 0.05) is 56.9 Å². The predicted molar refractivity (Wildman–Crippen MR) is 166 cm³/mol. The quantitative estimate of drug-likeness (QED) is 0.281. The summed E-state index contributed by atoms with van der Waals surface area (Å²) in [6, 6.07) is 14.6. The monoisotopic (exact) mass is 597 g/mol. The second kappa shape index (κ2) is 13.5. The predicted octanol–water partition coefficient (Wildman–Crippen LogP) is 3.34. The van der Waals surface area contributed by atoms with Crippen LogP contribution in [0.5, 0.6) is 0 Å². The maximum Gasteiger partial charge on any atom is 0.254 e. The van der Waals surface area contributed by atoms with Crippen molar-refractivity contribution in [3.05, 3.63) is 76.5 Å². The summed E-state index contributed by atoms with van der Waals surface area (Å²) in [6.07, 6.45) is 10.4. The van der Waals surface area contributed by atoms with E-state index in [1.807, 2.05) is 18.7 Å². The lowest BCUT2D eigenvalue weighted by Crippen LogP contribution is -2.49. The molecule has 2 fully saturated rings. The number of likely N-dealkylation sites (tertiary alicyclic amines) is 1. The van der Waals surface area contributed by atoms with E-state index in [9.17, 15) is 23.7 Å². The molecule has 11 heteroatoms. The minimum Gasteiger partial charge on any atom is -0.381 e. The molecule has 3 N–H and O–H groups in total. The zero-order valence-corrected chi connectivity index (χ0v) is 25.2. The van der Waals surface area contributed by atoms with Gasteiger partial charge in [-0.05, 0) is 56.5 Å².